The Kier molecular flexibility index (Phi) is 2.90. The lowest BCUT2D eigenvalue weighted by Crippen LogP contribution is -1.61. The van der Waals surface area contributed by atoms with Gasteiger partial charge in [0.1, 0.15) is 0 Å². The van der Waals surface area contributed by atoms with E-state index in [0.29, 0.717) is 0 Å². The Balaban J connectivity index is 3.13. The molecule has 0 aliphatic heterocycles. The average molecular weight is 151 g/mol. The lowest BCUT2D eigenvalue weighted by molar-refractivity contribution is 1.41. The van der Waals surface area contributed by atoms with E-state index >= 15 is 0 Å². The second-order valence-corrected chi connectivity index (χ2v) is 2.66. The monoisotopic (exact) mass is 151 g/mol. The van der Waals surface area contributed by atoms with Crippen molar-refractivity contribution in [2.45, 2.75) is 6.92 Å². The molecule has 0 atom stereocenters. The van der Waals surface area contributed by atoms with Crippen molar-refractivity contribution in [2.75, 3.05) is 0 Å². The smallest absolute Gasteiger partial charge is 0.0427 e. The van der Waals surface area contributed by atoms with Gasteiger partial charge in [0.05, 0.1) is 0 Å². The van der Waals surface area contributed by atoms with Crippen LogP contribution in [-0.4, -0.2) is 4.37 Å². The second-order valence-electron chi connectivity index (χ2n) is 1.96. The van der Waals surface area contributed by atoms with E-state index in [4.69, 9.17) is 0 Å². The molecule has 0 aromatic carbocycles. The van der Waals surface area contributed by atoms with Gasteiger partial charge in [-0.3, -0.25) is 0 Å². The minimum Gasteiger partial charge on any atom is -0.201 e. The Labute approximate surface area is 64.8 Å². The van der Waals surface area contributed by atoms with Gasteiger partial charge in [-0.2, -0.15) is 0 Å². The number of aromatic nitrogens is 1. The summed E-state index contributed by atoms with van der Waals surface area (Å²) in [6, 6.07) is 7.99. The first-order chi connectivity index (χ1) is 4.89. The van der Waals surface area contributed by atoms with Gasteiger partial charge in [-0.15, -0.1) is 0 Å². The number of aryl methyl sites for hydroxylation is 1. The third-order valence-corrected chi connectivity index (χ3v) is 1.54. The molecule has 1 heterocycles. The number of hydrogen-bond acceptors (Lipinski definition) is 2. The average Bonchev–Trinajstić information content (AvgIpc) is 2.02. The van der Waals surface area contributed by atoms with Crippen LogP contribution in [0.15, 0.2) is 35.8 Å². The first-order valence-electron chi connectivity index (χ1n) is 3.09. The molecule has 1 aromatic rings. The highest BCUT2D eigenvalue weighted by molar-refractivity contribution is 7.03. The van der Waals surface area contributed by atoms with E-state index in [1.165, 1.54) is 17.1 Å². The zero-order valence-electron chi connectivity index (χ0n) is 5.82. The fourth-order valence-corrected chi connectivity index (χ4v) is 1.00. The fraction of sp³-hybridized carbons (Fsp3) is 0.125. The van der Waals surface area contributed by atoms with Crippen molar-refractivity contribution in [1.82, 2.24) is 4.37 Å². The van der Waals surface area contributed by atoms with Crippen molar-refractivity contribution in [2.24, 2.45) is 0 Å². The van der Waals surface area contributed by atoms with Crippen LogP contribution in [0.3, 0.4) is 0 Å². The maximum atomic E-state index is 4.07. The highest BCUT2D eigenvalue weighted by Crippen LogP contribution is 1.90. The van der Waals surface area contributed by atoms with E-state index < -0.39 is 0 Å². The van der Waals surface area contributed by atoms with Crippen molar-refractivity contribution < 1.29 is 0 Å². The summed E-state index contributed by atoms with van der Waals surface area (Å²) in [6.45, 7) is 2.03. The Morgan fingerprint density at radius 3 is 3.10 bits per heavy atom. The molecule has 0 bridgehead atoms. The van der Waals surface area contributed by atoms with Crippen LogP contribution >= 0.6 is 11.5 Å². The molecule has 0 saturated carbocycles. The largest absolute Gasteiger partial charge is 0.201 e. The summed E-state index contributed by atoms with van der Waals surface area (Å²) in [5.74, 6) is 0. The molecular formula is C8H9NS. The lowest BCUT2D eigenvalue weighted by atomic mass is 10.3. The standard InChI is InChI=1S/C8H9NS/c1-8-5-3-2-4-6-10-9-7-8/h2-7H,1H3. The summed E-state index contributed by atoms with van der Waals surface area (Å²) in [5, 5.41) is 1.94. The Hall–Kier alpha value is -0.890. The summed E-state index contributed by atoms with van der Waals surface area (Å²) in [5.41, 5.74) is 1.17. The van der Waals surface area contributed by atoms with Crippen LogP contribution in [0.5, 0.6) is 0 Å². The quantitative estimate of drug-likeness (QED) is 0.555. The minimum absolute atomic E-state index is 1.17. The van der Waals surface area contributed by atoms with Gasteiger partial charge in [0.2, 0.25) is 0 Å². The van der Waals surface area contributed by atoms with Crippen LogP contribution in [-0.2, 0) is 0 Å². The molecule has 0 fully saturated rings. The molecule has 1 rings (SSSR count). The fourth-order valence-electron chi connectivity index (χ4n) is 0.544. The van der Waals surface area contributed by atoms with Gasteiger partial charge < -0.3 is 0 Å². The summed E-state index contributed by atoms with van der Waals surface area (Å²) in [6.07, 6.45) is 1.85. The van der Waals surface area contributed by atoms with Crippen molar-refractivity contribution in [3.63, 3.8) is 0 Å². The van der Waals surface area contributed by atoms with E-state index in [-0.39, 0.29) is 0 Å². The van der Waals surface area contributed by atoms with Crippen molar-refractivity contribution >= 4 is 11.5 Å². The minimum atomic E-state index is 1.17. The zero-order chi connectivity index (χ0) is 7.23. The number of rotatable bonds is 0. The van der Waals surface area contributed by atoms with E-state index in [9.17, 15) is 0 Å². The molecule has 10 heavy (non-hydrogen) atoms. The molecule has 0 spiro atoms. The van der Waals surface area contributed by atoms with Gasteiger partial charge in [0.15, 0.2) is 0 Å². The van der Waals surface area contributed by atoms with E-state index in [1.54, 1.807) is 0 Å². The van der Waals surface area contributed by atoms with E-state index in [2.05, 4.69) is 4.37 Å². The zero-order valence-corrected chi connectivity index (χ0v) is 6.64. The second kappa shape index (κ2) is 4.01. The predicted octanol–water partition coefficient (Wildman–Crippen LogP) is 2.58. The molecule has 0 aliphatic carbocycles. The van der Waals surface area contributed by atoms with E-state index in [0.717, 1.165) is 0 Å². The highest BCUT2D eigenvalue weighted by Gasteiger charge is 1.71. The third-order valence-electron chi connectivity index (χ3n) is 1.04. The molecule has 52 valence electrons. The number of nitrogens with zero attached hydrogens (tertiary/aromatic N) is 1. The topological polar surface area (TPSA) is 12.9 Å². The molecule has 0 unspecified atom stereocenters. The SMILES string of the molecule is Cc1cccccsnc1. The molecule has 0 radical (unpaired) electrons. The van der Waals surface area contributed by atoms with Crippen molar-refractivity contribution in [3.8, 4) is 0 Å². The van der Waals surface area contributed by atoms with Gasteiger partial charge in [-0.05, 0) is 24.0 Å². The molecular weight excluding hydrogens is 142 g/mol. The maximum absolute atomic E-state index is 4.07. The summed E-state index contributed by atoms with van der Waals surface area (Å²) in [7, 11) is 0. The lowest BCUT2D eigenvalue weighted by Gasteiger charge is -1.75. The van der Waals surface area contributed by atoms with Gasteiger partial charge >= 0.3 is 0 Å². The van der Waals surface area contributed by atoms with Crippen LogP contribution in [0, 0.1) is 6.92 Å². The highest BCUT2D eigenvalue weighted by atomic mass is 32.1. The van der Waals surface area contributed by atoms with Gasteiger partial charge in [-0.1, -0.05) is 24.3 Å². The Morgan fingerprint density at radius 2 is 2.20 bits per heavy atom. The van der Waals surface area contributed by atoms with Crippen LogP contribution in [0.1, 0.15) is 5.56 Å². The first-order valence-corrected chi connectivity index (χ1v) is 3.92. The molecule has 0 N–H and O–H groups in total. The molecule has 1 nitrogen and oxygen atoms in total. The maximum Gasteiger partial charge on any atom is 0.0427 e. The van der Waals surface area contributed by atoms with Crippen molar-refractivity contribution in [1.29, 1.82) is 0 Å². The molecule has 1 aromatic heterocycles. The normalized spacial score (nSPS) is 8.50. The Bertz CT molecular complexity index is 217. The van der Waals surface area contributed by atoms with E-state index in [1.807, 2.05) is 42.8 Å². The summed E-state index contributed by atoms with van der Waals surface area (Å²) < 4.78 is 4.07. The van der Waals surface area contributed by atoms with Gasteiger partial charge in [-0.25, -0.2) is 4.37 Å². The summed E-state index contributed by atoms with van der Waals surface area (Å²) >= 11 is 1.44. The Morgan fingerprint density at radius 1 is 1.30 bits per heavy atom. The van der Waals surface area contributed by atoms with Crippen LogP contribution in [0.4, 0.5) is 0 Å². The summed E-state index contributed by atoms with van der Waals surface area (Å²) in [4.78, 5) is 0. The predicted molar refractivity (Wildman–Crippen MR) is 44.5 cm³/mol. The van der Waals surface area contributed by atoms with Crippen LogP contribution in [0.2, 0.25) is 0 Å². The van der Waals surface area contributed by atoms with Gasteiger partial charge in [0.25, 0.3) is 0 Å². The van der Waals surface area contributed by atoms with Crippen LogP contribution in [0.25, 0.3) is 0 Å². The van der Waals surface area contributed by atoms with Gasteiger partial charge in [0, 0.05) is 11.6 Å². The number of hydrogen-bond donors (Lipinski definition) is 0. The molecule has 0 saturated heterocycles. The van der Waals surface area contributed by atoms with Crippen LogP contribution < -0.4 is 0 Å². The molecule has 0 amide bonds. The molecule has 0 aliphatic rings. The third kappa shape index (κ3) is 2.60. The first kappa shape index (κ1) is 7.22. The van der Waals surface area contributed by atoms with Crippen molar-refractivity contribution in [3.05, 3.63) is 41.4 Å². The molecule has 2 heteroatoms.